The van der Waals surface area contributed by atoms with Gasteiger partial charge in [-0.25, -0.2) is 8.78 Å². The number of aliphatic hydroxyl groups excluding tert-OH is 1. The fourth-order valence-electron chi connectivity index (χ4n) is 1.70. The lowest BCUT2D eigenvalue weighted by Gasteiger charge is -2.21. The normalized spacial score (nSPS) is 20.2. The van der Waals surface area contributed by atoms with Crippen molar-refractivity contribution in [2.24, 2.45) is 0 Å². The first-order valence-corrected chi connectivity index (χ1v) is 5.11. The summed E-state index contributed by atoms with van der Waals surface area (Å²) in [7, 11) is 0. The van der Waals surface area contributed by atoms with Crippen molar-refractivity contribution in [2.75, 3.05) is 6.61 Å². The van der Waals surface area contributed by atoms with E-state index >= 15 is 0 Å². The van der Waals surface area contributed by atoms with E-state index in [0.717, 1.165) is 6.07 Å². The summed E-state index contributed by atoms with van der Waals surface area (Å²) < 4.78 is 31.3. The van der Waals surface area contributed by atoms with E-state index in [-0.39, 0.29) is 12.7 Å². The molecule has 0 fully saturated rings. The predicted molar refractivity (Wildman–Crippen MR) is 55.5 cm³/mol. The molecule has 0 saturated carbocycles. The van der Waals surface area contributed by atoms with Gasteiger partial charge in [-0.15, -0.1) is 0 Å². The molecule has 0 unspecified atom stereocenters. The number of aliphatic hydroxyl groups is 1. The Kier molecular flexibility index (Phi) is 3.19. The molecule has 1 heterocycles. The van der Waals surface area contributed by atoms with Crippen LogP contribution in [0.15, 0.2) is 24.5 Å². The quantitative estimate of drug-likeness (QED) is 0.839. The van der Waals surface area contributed by atoms with Gasteiger partial charge in [-0.05, 0) is 30.5 Å². The van der Waals surface area contributed by atoms with Gasteiger partial charge < -0.3 is 9.84 Å². The monoisotopic (exact) mass is 226 g/mol. The summed E-state index contributed by atoms with van der Waals surface area (Å²) in [6.45, 7) is -0.0460. The van der Waals surface area contributed by atoms with Crippen molar-refractivity contribution in [3.8, 4) is 0 Å². The molecule has 0 aromatic heterocycles. The van der Waals surface area contributed by atoms with Crippen LogP contribution in [-0.4, -0.2) is 17.8 Å². The second-order valence-corrected chi connectivity index (χ2v) is 3.75. The SMILES string of the molecule is OC[C@H]1CCC(c2ccc(F)cc2F)=CO1. The minimum atomic E-state index is -0.591. The molecular weight excluding hydrogens is 214 g/mol. The summed E-state index contributed by atoms with van der Waals surface area (Å²) in [5.74, 6) is -1.18. The Hall–Kier alpha value is -1.42. The Morgan fingerprint density at radius 1 is 1.38 bits per heavy atom. The molecule has 0 saturated heterocycles. The van der Waals surface area contributed by atoms with Gasteiger partial charge in [0.2, 0.25) is 0 Å². The number of hydrogen-bond acceptors (Lipinski definition) is 2. The van der Waals surface area contributed by atoms with Gasteiger partial charge >= 0.3 is 0 Å². The minimum Gasteiger partial charge on any atom is -0.495 e. The van der Waals surface area contributed by atoms with E-state index in [1.165, 1.54) is 18.4 Å². The molecule has 2 nitrogen and oxygen atoms in total. The zero-order valence-electron chi connectivity index (χ0n) is 8.62. The third kappa shape index (κ3) is 2.22. The van der Waals surface area contributed by atoms with Crippen molar-refractivity contribution in [3.63, 3.8) is 0 Å². The minimum absolute atomic E-state index is 0.0460. The first kappa shape index (κ1) is 11.1. The van der Waals surface area contributed by atoms with E-state index in [0.29, 0.717) is 24.0 Å². The molecule has 1 aliphatic rings. The van der Waals surface area contributed by atoms with E-state index in [4.69, 9.17) is 9.84 Å². The van der Waals surface area contributed by atoms with Gasteiger partial charge in [0.1, 0.15) is 17.7 Å². The van der Waals surface area contributed by atoms with Crippen LogP contribution in [-0.2, 0) is 4.74 Å². The largest absolute Gasteiger partial charge is 0.495 e. The molecule has 1 N–H and O–H groups in total. The number of rotatable bonds is 2. The van der Waals surface area contributed by atoms with Crippen molar-refractivity contribution >= 4 is 5.57 Å². The summed E-state index contributed by atoms with van der Waals surface area (Å²) >= 11 is 0. The maximum atomic E-state index is 13.4. The number of benzene rings is 1. The molecule has 0 radical (unpaired) electrons. The van der Waals surface area contributed by atoms with E-state index in [1.54, 1.807) is 0 Å². The van der Waals surface area contributed by atoms with Crippen LogP contribution < -0.4 is 0 Å². The van der Waals surface area contributed by atoms with E-state index in [2.05, 4.69) is 0 Å². The number of hydrogen-bond donors (Lipinski definition) is 1. The summed E-state index contributed by atoms with van der Waals surface area (Å²) in [6, 6.07) is 3.48. The average Bonchev–Trinajstić information content (AvgIpc) is 2.29. The lowest BCUT2D eigenvalue weighted by Crippen LogP contribution is -2.18. The molecule has 1 aromatic carbocycles. The molecule has 0 amide bonds. The lowest BCUT2D eigenvalue weighted by atomic mass is 9.98. The second-order valence-electron chi connectivity index (χ2n) is 3.75. The highest BCUT2D eigenvalue weighted by atomic mass is 19.1. The van der Waals surface area contributed by atoms with Gasteiger partial charge in [0.25, 0.3) is 0 Å². The molecule has 16 heavy (non-hydrogen) atoms. The zero-order chi connectivity index (χ0) is 11.5. The number of allylic oxidation sites excluding steroid dienone is 1. The number of ether oxygens (including phenoxy) is 1. The van der Waals surface area contributed by atoms with Gasteiger partial charge in [0.05, 0.1) is 12.9 Å². The molecule has 0 aliphatic carbocycles. The van der Waals surface area contributed by atoms with Crippen LogP contribution in [0.25, 0.3) is 5.57 Å². The van der Waals surface area contributed by atoms with Crippen molar-refractivity contribution in [1.29, 1.82) is 0 Å². The summed E-state index contributed by atoms with van der Waals surface area (Å²) in [4.78, 5) is 0. The maximum Gasteiger partial charge on any atom is 0.133 e. The van der Waals surface area contributed by atoms with Crippen molar-refractivity contribution < 1.29 is 18.6 Å². The highest BCUT2D eigenvalue weighted by Gasteiger charge is 2.17. The van der Waals surface area contributed by atoms with Crippen LogP contribution in [0.3, 0.4) is 0 Å². The fraction of sp³-hybridized carbons (Fsp3) is 0.333. The second kappa shape index (κ2) is 4.61. The molecule has 86 valence electrons. The Labute approximate surface area is 92.2 Å². The molecule has 1 aromatic rings. The number of halogens is 2. The van der Waals surface area contributed by atoms with Crippen LogP contribution in [0.1, 0.15) is 18.4 Å². The first-order chi connectivity index (χ1) is 7.70. The van der Waals surface area contributed by atoms with Crippen LogP contribution >= 0.6 is 0 Å². The van der Waals surface area contributed by atoms with Gasteiger partial charge in [0.15, 0.2) is 0 Å². The molecule has 1 atom stereocenters. The molecule has 1 aliphatic heterocycles. The van der Waals surface area contributed by atoms with E-state index < -0.39 is 11.6 Å². The van der Waals surface area contributed by atoms with Gasteiger partial charge in [-0.1, -0.05) is 0 Å². The van der Waals surface area contributed by atoms with Crippen LogP contribution in [0, 0.1) is 11.6 Å². The van der Waals surface area contributed by atoms with Gasteiger partial charge in [-0.3, -0.25) is 0 Å². The Bertz CT molecular complexity index is 415. The Morgan fingerprint density at radius 3 is 2.75 bits per heavy atom. The lowest BCUT2D eigenvalue weighted by molar-refractivity contribution is 0.0657. The topological polar surface area (TPSA) is 29.5 Å². The standard InChI is InChI=1S/C12H12F2O2/c13-9-2-4-11(12(14)5-9)8-1-3-10(6-15)16-7-8/h2,4-5,7,10,15H,1,3,6H2/t10-/m1/s1. The van der Waals surface area contributed by atoms with Crippen molar-refractivity contribution in [2.45, 2.75) is 18.9 Å². The molecule has 4 heteroatoms. The van der Waals surface area contributed by atoms with E-state index in [1.807, 2.05) is 0 Å². The van der Waals surface area contributed by atoms with Gasteiger partial charge in [0, 0.05) is 11.6 Å². The first-order valence-electron chi connectivity index (χ1n) is 5.11. The van der Waals surface area contributed by atoms with Crippen LogP contribution in [0.2, 0.25) is 0 Å². The predicted octanol–water partition coefficient (Wildman–Crippen LogP) is 2.48. The molecule has 2 rings (SSSR count). The van der Waals surface area contributed by atoms with Crippen molar-refractivity contribution in [3.05, 3.63) is 41.7 Å². The average molecular weight is 226 g/mol. The molecular formula is C12H12F2O2. The van der Waals surface area contributed by atoms with Gasteiger partial charge in [-0.2, -0.15) is 0 Å². The van der Waals surface area contributed by atoms with E-state index in [9.17, 15) is 8.78 Å². The highest BCUT2D eigenvalue weighted by Crippen LogP contribution is 2.28. The molecule has 0 spiro atoms. The molecule has 0 bridgehead atoms. The summed E-state index contributed by atoms with van der Waals surface area (Å²) in [5.41, 5.74) is 1.06. The van der Waals surface area contributed by atoms with Crippen LogP contribution in [0.5, 0.6) is 0 Å². The maximum absolute atomic E-state index is 13.4. The zero-order valence-corrected chi connectivity index (χ0v) is 8.62. The Balaban J connectivity index is 2.22. The summed E-state index contributed by atoms with van der Waals surface area (Å²) in [6.07, 6.45) is 2.49. The third-order valence-electron chi connectivity index (χ3n) is 2.62. The van der Waals surface area contributed by atoms with Crippen LogP contribution in [0.4, 0.5) is 8.78 Å². The Morgan fingerprint density at radius 2 is 2.19 bits per heavy atom. The third-order valence-corrected chi connectivity index (χ3v) is 2.62. The summed E-state index contributed by atoms with van der Waals surface area (Å²) in [5, 5.41) is 8.86. The van der Waals surface area contributed by atoms with Crippen molar-refractivity contribution in [1.82, 2.24) is 0 Å². The fourth-order valence-corrected chi connectivity index (χ4v) is 1.70. The highest BCUT2D eigenvalue weighted by molar-refractivity contribution is 5.65. The smallest absolute Gasteiger partial charge is 0.133 e.